The van der Waals surface area contributed by atoms with E-state index in [1.54, 1.807) is 37.4 Å². The lowest BCUT2D eigenvalue weighted by molar-refractivity contribution is -0.132. The summed E-state index contributed by atoms with van der Waals surface area (Å²) in [7, 11) is 1.54. The highest BCUT2D eigenvalue weighted by Crippen LogP contribution is 2.35. The van der Waals surface area contributed by atoms with Gasteiger partial charge in [0.1, 0.15) is 17.2 Å². The number of carbonyl (C=O) groups is 2. The lowest BCUT2D eigenvalue weighted by Gasteiger charge is -2.11. The molecule has 0 aliphatic rings. The zero-order valence-corrected chi connectivity index (χ0v) is 11.4. The van der Waals surface area contributed by atoms with E-state index < -0.39 is 11.9 Å². The van der Waals surface area contributed by atoms with E-state index >= 15 is 0 Å². The Morgan fingerprint density at radius 1 is 0.850 bits per heavy atom. The lowest BCUT2D eigenvalue weighted by Crippen LogP contribution is -2.04. The molecular weight excluding hydrogens is 260 g/mol. The molecule has 2 rings (SSSR count). The predicted molar refractivity (Wildman–Crippen MR) is 73.1 cm³/mol. The molecule has 0 aliphatic carbocycles. The average Bonchev–Trinajstić information content (AvgIpc) is 2.40. The smallest absolute Gasteiger partial charge is 0.308 e. The topological polar surface area (TPSA) is 61.8 Å². The van der Waals surface area contributed by atoms with Crippen molar-refractivity contribution in [3.8, 4) is 17.2 Å². The molecule has 2 aromatic carbocycles. The molecule has 0 radical (unpaired) electrons. The van der Waals surface area contributed by atoms with E-state index in [2.05, 4.69) is 0 Å². The van der Waals surface area contributed by atoms with Gasteiger partial charge in [-0.3, -0.25) is 9.59 Å². The van der Waals surface area contributed by atoms with Crippen LogP contribution in [0.4, 0.5) is 0 Å². The number of hydrogen-bond donors (Lipinski definition) is 0. The third-order valence-corrected chi connectivity index (χ3v) is 2.65. The van der Waals surface area contributed by atoms with Crippen LogP contribution in [0.15, 0.2) is 30.3 Å². The van der Waals surface area contributed by atoms with Gasteiger partial charge in [-0.05, 0) is 30.3 Å². The second-order valence-electron chi connectivity index (χ2n) is 4.16. The summed E-state index contributed by atoms with van der Waals surface area (Å²) in [5, 5.41) is 1.30. The molecule has 0 aliphatic heterocycles. The van der Waals surface area contributed by atoms with Crippen molar-refractivity contribution in [3.63, 3.8) is 0 Å². The SMILES string of the molecule is COc1ccc2c(OC(C)=O)ccc(OC(C)=O)c2c1. The van der Waals surface area contributed by atoms with Gasteiger partial charge in [0.2, 0.25) is 0 Å². The van der Waals surface area contributed by atoms with Crippen LogP contribution in [0.5, 0.6) is 17.2 Å². The minimum atomic E-state index is -0.422. The quantitative estimate of drug-likeness (QED) is 0.636. The van der Waals surface area contributed by atoms with Gasteiger partial charge in [0.15, 0.2) is 0 Å². The van der Waals surface area contributed by atoms with E-state index in [0.717, 1.165) is 0 Å². The van der Waals surface area contributed by atoms with Gasteiger partial charge in [0.05, 0.1) is 7.11 Å². The van der Waals surface area contributed by atoms with Crippen LogP contribution in [0.1, 0.15) is 13.8 Å². The fourth-order valence-electron chi connectivity index (χ4n) is 1.89. The molecule has 0 unspecified atom stereocenters. The zero-order chi connectivity index (χ0) is 14.7. The number of esters is 2. The highest BCUT2D eigenvalue weighted by Gasteiger charge is 2.12. The van der Waals surface area contributed by atoms with Gasteiger partial charge in [0.25, 0.3) is 0 Å². The van der Waals surface area contributed by atoms with E-state index in [1.807, 2.05) is 0 Å². The lowest BCUT2D eigenvalue weighted by atomic mass is 10.1. The number of hydrogen-bond acceptors (Lipinski definition) is 5. The monoisotopic (exact) mass is 274 g/mol. The van der Waals surface area contributed by atoms with Gasteiger partial charge in [-0.15, -0.1) is 0 Å². The Morgan fingerprint density at radius 2 is 1.40 bits per heavy atom. The third-order valence-electron chi connectivity index (χ3n) is 2.65. The Bertz CT molecular complexity index is 675. The maximum Gasteiger partial charge on any atom is 0.308 e. The minimum Gasteiger partial charge on any atom is -0.497 e. The van der Waals surface area contributed by atoms with E-state index in [4.69, 9.17) is 14.2 Å². The summed E-state index contributed by atoms with van der Waals surface area (Å²) in [6.07, 6.45) is 0. The van der Waals surface area contributed by atoms with Gasteiger partial charge in [-0.1, -0.05) is 0 Å². The largest absolute Gasteiger partial charge is 0.497 e. The molecule has 0 bridgehead atoms. The summed E-state index contributed by atoms with van der Waals surface area (Å²) < 4.78 is 15.4. The maximum atomic E-state index is 11.1. The van der Waals surface area contributed by atoms with E-state index in [9.17, 15) is 9.59 Å². The normalized spacial score (nSPS) is 10.2. The van der Waals surface area contributed by atoms with Crippen LogP contribution >= 0.6 is 0 Å². The molecule has 0 amide bonds. The number of carbonyl (C=O) groups excluding carboxylic acids is 2. The molecule has 5 nitrogen and oxygen atoms in total. The molecule has 0 saturated carbocycles. The van der Waals surface area contributed by atoms with Crippen molar-refractivity contribution < 1.29 is 23.8 Å². The summed E-state index contributed by atoms with van der Waals surface area (Å²) in [6, 6.07) is 8.39. The summed E-state index contributed by atoms with van der Waals surface area (Å²) in [5.41, 5.74) is 0. The summed E-state index contributed by atoms with van der Waals surface area (Å²) in [5.74, 6) is 0.580. The fraction of sp³-hybridized carbons (Fsp3) is 0.200. The number of fused-ring (bicyclic) bond motifs is 1. The van der Waals surface area contributed by atoms with Crippen LogP contribution in [0.25, 0.3) is 10.8 Å². The highest BCUT2D eigenvalue weighted by molar-refractivity contribution is 5.96. The highest BCUT2D eigenvalue weighted by atomic mass is 16.5. The molecular formula is C15H14O5. The molecule has 0 N–H and O–H groups in total. The average molecular weight is 274 g/mol. The van der Waals surface area contributed by atoms with E-state index in [-0.39, 0.29) is 0 Å². The van der Waals surface area contributed by atoms with Gasteiger partial charge in [-0.25, -0.2) is 0 Å². The number of ether oxygens (including phenoxy) is 3. The molecule has 0 atom stereocenters. The summed E-state index contributed by atoms with van der Waals surface area (Å²) >= 11 is 0. The molecule has 0 spiro atoms. The van der Waals surface area contributed by atoms with Gasteiger partial charge < -0.3 is 14.2 Å². The van der Waals surface area contributed by atoms with Crippen LogP contribution < -0.4 is 14.2 Å². The first-order valence-electron chi connectivity index (χ1n) is 5.99. The standard InChI is InChI=1S/C15H14O5/c1-9(16)19-14-6-7-15(20-10(2)17)13-8-11(18-3)4-5-12(13)14/h4-8H,1-3H3. The Morgan fingerprint density at radius 3 is 1.90 bits per heavy atom. The Kier molecular flexibility index (Phi) is 3.89. The van der Waals surface area contributed by atoms with Crippen LogP contribution in [0, 0.1) is 0 Å². The van der Waals surface area contributed by atoms with Gasteiger partial charge >= 0.3 is 11.9 Å². The third kappa shape index (κ3) is 2.88. The van der Waals surface area contributed by atoms with Crippen molar-refractivity contribution >= 4 is 22.7 Å². The first-order valence-corrected chi connectivity index (χ1v) is 5.99. The van der Waals surface area contributed by atoms with Crippen molar-refractivity contribution in [1.29, 1.82) is 0 Å². The first-order chi connectivity index (χ1) is 9.51. The number of methoxy groups -OCH3 is 1. The number of benzene rings is 2. The molecule has 104 valence electrons. The number of rotatable bonds is 3. The summed E-state index contributed by atoms with van der Waals surface area (Å²) in [4.78, 5) is 22.2. The van der Waals surface area contributed by atoms with Crippen LogP contribution in [-0.2, 0) is 9.59 Å². The van der Waals surface area contributed by atoms with Crippen LogP contribution in [-0.4, -0.2) is 19.0 Å². The molecule has 20 heavy (non-hydrogen) atoms. The van der Waals surface area contributed by atoms with Crippen molar-refractivity contribution in [2.45, 2.75) is 13.8 Å². The van der Waals surface area contributed by atoms with Gasteiger partial charge in [-0.2, -0.15) is 0 Å². The molecule has 0 fully saturated rings. The molecule has 0 saturated heterocycles. The maximum absolute atomic E-state index is 11.1. The summed E-state index contributed by atoms with van der Waals surface area (Å²) in [6.45, 7) is 2.65. The molecule has 0 aromatic heterocycles. The van der Waals surface area contributed by atoms with Crippen molar-refractivity contribution in [3.05, 3.63) is 30.3 Å². The fourth-order valence-corrected chi connectivity index (χ4v) is 1.89. The first kappa shape index (κ1) is 13.9. The second kappa shape index (κ2) is 5.61. The van der Waals surface area contributed by atoms with Gasteiger partial charge in [0, 0.05) is 24.6 Å². The van der Waals surface area contributed by atoms with Crippen LogP contribution in [0.3, 0.4) is 0 Å². The van der Waals surface area contributed by atoms with E-state index in [0.29, 0.717) is 28.0 Å². The van der Waals surface area contributed by atoms with E-state index in [1.165, 1.54) is 13.8 Å². The minimum absolute atomic E-state index is 0.391. The van der Waals surface area contributed by atoms with Crippen molar-refractivity contribution in [1.82, 2.24) is 0 Å². The Labute approximate surface area is 116 Å². The molecule has 2 aromatic rings. The van der Waals surface area contributed by atoms with Crippen molar-refractivity contribution in [2.75, 3.05) is 7.11 Å². The van der Waals surface area contributed by atoms with Crippen molar-refractivity contribution in [2.24, 2.45) is 0 Å². The van der Waals surface area contributed by atoms with Crippen LogP contribution in [0.2, 0.25) is 0 Å². The zero-order valence-electron chi connectivity index (χ0n) is 11.4. The Hall–Kier alpha value is -2.56. The molecule has 0 heterocycles. The molecule has 5 heteroatoms. The predicted octanol–water partition coefficient (Wildman–Crippen LogP) is 2.70. The Balaban J connectivity index is 2.64. The second-order valence-corrected chi connectivity index (χ2v) is 4.16.